The third-order valence-electron chi connectivity index (χ3n) is 4.20. The van der Waals surface area contributed by atoms with Crippen LogP contribution in [0.3, 0.4) is 0 Å². The summed E-state index contributed by atoms with van der Waals surface area (Å²) in [6, 6.07) is 13.6. The Hall–Kier alpha value is -1.58. The average molecular weight is 284 g/mol. The molecule has 0 spiro atoms. The Morgan fingerprint density at radius 1 is 1.24 bits per heavy atom. The fourth-order valence-corrected chi connectivity index (χ4v) is 3.21. The van der Waals surface area contributed by atoms with E-state index in [-0.39, 0.29) is 0 Å². The lowest BCUT2D eigenvalue weighted by molar-refractivity contribution is 0.304. The number of nitrogens with zero attached hydrogens (tertiary/aromatic N) is 1. The Kier molecular flexibility index (Phi) is 4.42. The Bertz CT molecular complexity index is 562. The second-order valence-electron chi connectivity index (χ2n) is 6.14. The molecule has 1 N–H and O–H groups in total. The molecule has 2 atom stereocenters. The number of furan rings is 1. The minimum absolute atomic E-state index is 0.340. The van der Waals surface area contributed by atoms with Crippen LogP contribution in [0.2, 0.25) is 0 Å². The first-order valence-corrected chi connectivity index (χ1v) is 7.76. The number of hydrogen-bond donors (Lipinski definition) is 1. The lowest BCUT2D eigenvalue weighted by atomic mass is 9.92. The fraction of sp³-hybridized carbons (Fsp3) is 0.444. The minimum atomic E-state index is 0.340. The van der Waals surface area contributed by atoms with Crippen LogP contribution in [0.1, 0.15) is 41.8 Å². The van der Waals surface area contributed by atoms with Crippen molar-refractivity contribution >= 4 is 0 Å². The van der Waals surface area contributed by atoms with Crippen molar-refractivity contribution in [2.75, 3.05) is 20.6 Å². The molecule has 2 aromatic rings. The molecule has 1 aromatic heterocycles. The zero-order valence-corrected chi connectivity index (χ0v) is 12.9. The van der Waals surface area contributed by atoms with E-state index < -0.39 is 0 Å². The van der Waals surface area contributed by atoms with Crippen molar-refractivity contribution in [3.05, 3.63) is 59.5 Å². The number of hydrogen-bond acceptors (Lipinski definition) is 3. The first-order valence-electron chi connectivity index (χ1n) is 7.76. The van der Waals surface area contributed by atoms with Crippen LogP contribution in [0.4, 0.5) is 0 Å². The Morgan fingerprint density at radius 2 is 2.05 bits per heavy atom. The van der Waals surface area contributed by atoms with E-state index in [1.807, 2.05) is 6.26 Å². The second-order valence-corrected chi connectivity index (χ2v) is 6.14. The number of rotatable bonds is 5. The van der Waals surface area contributed by atoms with Gasteiger partial charge in [-0.05, 0) is 38.6 Å². The van der Waals surface area contributed by atoms with Crippen molar-refractivity contribution in [3.63, 3.8) is 0 Å². The highest BCUT2D eigenvalue weighted by Crippen LogP contribution is 2.32. The third kappa shape index (κ3) is 3.36. The summed E-state index contributed by atoms with van der Waals surface area (Å²) in [4.78, 5) is 2.24. The summed E-state index contributed by atoms with van der Waals surface area (Å²) in [6.45, 7) is 0.994. The first kappa shape index (κ1) is 14.4. The molecule has 1 heterocycles. The van der Waals surface area contributed by atoms with Crippen LogP contribution in [0.25, 0.3) is 0 Å². The van der Waals surface area contributed by atoms with Gasteiger partial charge in [-0.1, -0.05) is 30.3 Å². The van der Waals surface area contributed by atoms with Gasteiger partial charge in [0, 0.05) is 30.6 Å². The van der Waals surface area contributed by atoms with Crippen LogP contribution >= 0.6 is 0 Å². The molecule has 0 aliphatic heterocycles. The number of fused-ring (bicyclic) bond motifs is 1. The third-order valence-corrected chi connectivity index (χ3v) is 4.20. The van der Waals surface area contributed by atoms with Crippen LogP contribution in [-0.2, 0) is 6.42 Å². The predicted molar refractivity (Wildman–Crippen MR) is 85.3 cm³/mol. The summed E-state index contributed by atoms with van der Waals surface area (Å²) < 4.78 is 5.60. The van der Waals surface area contributed by atoms with E-state index in [0.717, 1.165) is 18.7 Å². The molecular weight excluding hydrogens is 260 g/mol. The van der Waals surface area contributed by atoms with Crippen molar-refractivity contribution in [3.8, 4) is 0 Å². The van der Waals surface area contributed by atoms with E-state index >= 15 is 0 Å². The fourth-order valence-electron chi connectivity index (χ4n) is 3.21. The number of likely N-dealkylation sites (N-methyl/N-ethyl adjacent to an activating group) is 1. The van der Waals surface area contributed by atoms with Crippen molar-refractivity contribution in [2.45, 2.75) is 31.3 Å². The zero-order valence-electron chi connectivity index (χ0n) is 12.9. The first-order chi connectivity index (χ1) is 10.2. The normalized spacial score (nSPS) is 19.5. The highest BCUT2D eigenvalue weighted by molar-refractivity contribution is 5.26. The summed E-state index contributed by atoms with van der Waals surface area (Å²) in [7, 11) is 4.25. The summed E-state index contributed by atoms with van der Waals surface area (Å²) in [5, 5.41) is 3.84. The summed E-state index contributed by atoms with van der Waals surface area (Å²) in [5.41, 5.74) is 2.70. The van der Waals surface area contributed by atoms with Gasteiger partial charge in [-0.3, -0.25) is 0 Å². The van der Waals surface area contributed by atoms with E-state index in [4.69, 9.17) is 4.42 Å². The van der Waals surface area contributed by atoms with Gasteiger partial charge < -0.3 is 14.6 Å². The molecule has 2 unspecified atom stereocenters. The Balaban J connectivity index is 1.80. The van der Waals surface area contributed by atoms with E-state index in [1.165, 1.54) is 24.0 Å². The molecular formula is C18H24N2O. The van der Waals surface area contributed by atoms with Crippen molar-refractivity contribution in [1.82, 2.24) is 10.2 Å². The van der Waals surface area contributed by atoms with Crippen molar-refractivity contribution in [2.24, 2.45) is 0 Å². The molecule has 0 bridgehead atoms. The topological polar surface area (TPSA) is 28.4 Å². The maximum absolute atomic E-state index is 5.60. The highest BCUT2D eigenvalue weighted by Gasteiger charge is 2.25. The molecule has 21 heavy (non-hydrogen) atoms. The van der Waals surface area contributed by atoms with Gasteiger partial charge in [0.25, 0.3) is 0 Å². The van der Waals surface area contributed by atoms with Crippen LogP contribution < -0.4 is 5.32 Å². The molecule has 3 nitrogen and oxygen atoms in total. The molecule has 1 aliphatic carbocycles. The van der Waals surface area contributed by atoms with Crippen LogP contribution in [0.5, 0.6) is 0 Å². The average Bonchev–Trinajstić information content (AvgIpc) is 2.96. The number of benzene rings is 1. The largest absolute Gasteiger partial charge is 0.469 e. The molecule has 1 aliphatic rings. The SMILES string of the molecule is CN(C)CC(NC1CCCc2occc21)c1ccccc1. The number of aryl methyl sites for hydroxylation is 1. The standard InChI is InChI=1S/C18H24N2O/c1-20(2)13-17(14-7-4-3-5-8-14)19-16-9-6-10-18-15(16)11-12-21-18/h3-5,7-8,11-12,16-17,19H,6,9-10,13H2,1-2H3. The lowest BCUT2D eigenvalue weighted by Gasteiger charge is -2.30. The molecule has 0 saturated heterocycles. The van der Waals surface area contributed by atoms with Gasteiger partial charge in [0.2, 0.25) is 0 Å². The molecule has 0 radical (unpaired) electrons. The van der Waals surface area contributed by atoms with E-state index in [2.05, 4.69) is 60.7 Å². The smallest absolute Gasteiger partial charge is 0.108 e. The summed E-state index contributed by atoms with van der Waals surface area (Å²) in [5.74, 6) is 1.16. The van der Waals surface area contributed by atoms with Crippen LogP contribution in [-0.4, -0.2) is 25.5 Å². The Labute approximate surface area is 127 Å². The molecule has 0 amide bonds. The quantitative estimate of drug-likeness (QED) is 0.910. The number of nitrogens with one attached hydrogen (secondary N) is 1. The summed E-state index contributed by atoms with van der Waals surface area (Å²) >= 11 is 0. The monoisotopic (exact) mass is 284 g/mol. The maximum Gasteiger partial charge on any atom is 0.108 e. The van der Waals surface area contributed by atoms with Crippen molar-refractivity contribution in [1.29, 1.82) is 0 Å². The van der Waals surface area contributed by atoms with Gasteiger partial charge >= 0.3 is 0 Å². The van der Waals surface area contributed by atoms with E-state index in [9.17, 15) is 0 Å². The van der Waals surface area contributed by atoms with Gasteiger partial charge in [-0.25, -0.2) is 0 Å². The molecule has 3 heteroatoms. The van der Waals surface area contributed by atoms with Crippen LogP contribution in [0.15, 0.2) is 47.1 Å². The summed E-state index contributed by atoms with van der Waals surface area (Å²) in [6.07, 6.45) is 5.28. The van der Waals surface area contributed by atoms with Crippen molar-refractivity contribution < 1.29 is 4.42 Å². The Morgan fingerprint density at radius 3 is 2.81 bits per heavy atom. The van der Waals surface area contributed by atoms with Gasteiger partial charge in [0.15, 0.2) is 0 Å². The molecule has 0 fully saturated rings. The predicted octanol–water partition coefficient (Wildman–Crippen LogP) is 3.55. The minimum Gasteiger partial charge on any atom is -0.469 e. The van der Waals surface area contributed by atoms with Gasteiger partial charge in [-0.15, -0.1) is 0 Å². The molecule has 3 rings (SSSR count). The lowest BCUT2D eigenvalue weighted by Crippen LogP contribution is -2.35. The van der Waals surface area contributed by atoms with E-state index in [0.29, 0.717) is 12.1 Å². The van der Waals surface area contributed by atoms with Gasteiger partial charge in [0.05, 0.1) is 6.26 Å². The second kappa shape index (κ2) is 6.46. The highest BCUT2D eigenvalue weighted by atomic mass is 16.3. The molecule has 0 saturated carbocycles. The van der Waals surface area contributed by atoms with E-state index in [1.54, 1.807) is 0 Å². The molecule has 112 valence electrons. The van der Waals surface area contributed by atoms with Gasteiger partial charge in [0.1, 0.15) is 5.76 Å². The van der Waals surface area contributed by atoms with Crippen LogP contribution in [0, 0.1) is 0 Å². The zero-order chi connectivity index (χ0) is 14.7. The maximum atomic E-state index is 5.60. The van der Waals surface area contributed by atoms with Gasteiger partial charge in [-0.2, -0.15) is 0 Å². The molecule has 1 aromatic carbocycles.